The average Bonchev–Trinajstić information content (AvgIpc) is 2.97. The van der Waals surface area contributed by atoms with Gasteiger partial charge in [0.25, 0.3) is 10.0 Å². The number of rotatable bonds is 11. The van der Waals surface area contributed by atoms with Crippen molar-refractivity contribution in [2.75, 3.05) is 10.8 Å². The Bertz CT molecular complexity index is 1420. The number of para-hydroxylation sites is 1. The Hall–Kier alpha value is -3.65. The summed E-state index contributed by atoms with van der Waals surface area (Å²) in [6.07, 6.45) is 5.61. The molecule has 1 atom stereocenters. The van der Waals surface area contributed by atoms with E-state index in [1.54, 1.807) is 41.3 Å². The highest BCUT2D eigenvalue weighted by atomic mass is 32.2. The van der Waals surface area contributed by atoms with Crippen molar-refractivity contribution in [2.45, 2.75) is 82.8 Å². The number of benzene rings is 3. The Morgan fingerprint density at radius 2 is 1.51 bits per heavy atom. The summed E-state index contributed by atoms with van der Waals surface area (Å²) < 4.78 is 29.2. The molecule has 2 amide bonds. The maximum absolute atomic E-state index is 14.2. The minimum atomic E-state index is -4.08. The van der Waals surface area contributed by atoms with E-state index in [2.05, 4.69) is 5.32 Å². The first-order valence-electron chi connectivity index (χ1n) is 14.5. The standard InChI is InChI=1S/C33H41N3O4S/c1-4-30(33(38)34-28-16-9-6-10-17-28)35(23-27-14-7-5-8-15-27)32(37)24-36(31-18-12-11-13-26(31)3)41(39,40)29-21-19-25(2)20-22-29/h5,7-8,11-15,18-22,28,30H,4,6,9-10,16-17,23-24H2,1-3H3,(H,34,38)/t30-/m0/s1. The Morgan fingerprint density at radius 1 is 0.878 bits per heavy atom. The zero-order valence-corrected chi connectivity index (χ0v) is 25.1. The molecule has 218 valence electrons. The van der Waals surface area contributed by atoms with Gasteiger partial charge in [0, 0.05) is 12.6 Å². The van der Waals surface area contributed by atoms with Crippen LogP contribution in [0.3, 0.4) is 0 Å². The number of carbonyl (C=O) groups excluding carboxylic acids is 2. The second-order valence-electron chi connectivity index (χ2n) is 10.9. The van der Waals surface area contributed by atoms with Crippen LogP contribution in [0.25, 0.3) is 0 Å². The molecular weight excluding hydrogens is 534 g/mol. The number of sulfonamides is 1. The van der Waals surface area contributed by atoms with Crippen molar-refractivity contribution in [1.29, 1.82) is 0 Å². The first kappa shape index (κ1) is 30.3. The van der Waals surface area contributed by atoms with Crippen LogP contribution in [0.5, 0.6) is 0 Å². The van der Waals surface area contributed by atoms with Crippen LogP contribution < -0.4 is 9.62 Å². The van der Waals surface area contributed by atoms with Crippen LogP contribution in [0.1, 0.15) is 62.1 Å². The number of hydrogen-bond donors (Lipinski definition) is 1. The Kier molecular flexibility index (Phi) is 10.2. The molecular formula is C33H41N3O4S. The van der Waals surface area contributed by atoms with Gasteiger partial charge >= 0.3 is 0 Å². The molecule has 1 saturated carbocycles. The van der Waals surface area contributed by atoms with Crippen LogP contribution >= 0.6 is 0 Å². The van der Waals surface area contributed by atoms with E-state index < -0.39 is 28.5 Å². The predicted molar refractivity (Wildman–Crippen MR) is 163 cm³/mol. The van der Waals surface area contributed by atoms with Crippen LogP contribution in [0, 0.1) is 13.8 Å². The van der Waals surface area contributed by atoms with Gasteiger partial charge in [0.05, 0.1) is 10.6 Å². The minimum Gasteiger partial charge on any atom is -0.352 e. The molecule has 4 rings (SSSR count). The summed E-state index contributed by atoms with van der Waals surface area (Å²) >= 11 is 0. The van der Waals surface area contributed by atoms with Gasteiger partial charge in [-0.3, -0.25) is 13.9 Å². The third kappa shape index (κ3) is 7.55. The molecule has 0 radical (unpaired) electrons. The van der Waals surface area contributed by atoms with E-state index in [1.165, 1.54) is 10.7 Å². The molecule has 8 heteroatoms. The first-order valence-corrected chi connectivity index (χ1v) is 15.9. The Labute approximate surface area is 244 Å². The van der Waals surface area contributed by atoms with Gasteiger partial charge in [-0.05, 0) is 62.4 Å². The molecule has 0 heterocycles. The fourth-order valence-corrected chi connectivity index (χ4v) is 6.92. The van der Waals surface area contributed by atoms with Crippen molar-refractivity contribution in [3.8, 4) is 0 Å². The molecule has 7 nitrogen and oxygen atoms in total. The molecule has 0 saturated heterocycles. The summed E-state index contributed by atoms with van der Waals surface area (Å²) in [5, 5.41) is 3.18. The van der Waals surface area contributed by atoms with Gasteiger partial charge in [-0.15, -0.1) is 0 Å². The highest BCUT2D eigenvalue weighted by Crippen LogP contribution is 2.28. The highest BCUT2D eigenvalue weighted by Gasteiger charge is 2.34. The SMILES string of the molecule is CC[C@@H](C(=O)NC1CCCCC1)N(Cc1ccccc1)C(=O)CN(c1ccccc1C)S(=O)(=O)c1ccc(C)cc1. The van der Waals surface area contributed by atoms with E-state index in [0.29, 0.717) is 12.1 Å². The summed E-state index contributed by atoms with van der Waals surface area (Å²) in [6.45, 7) is 5.37. The van der Waals surface area contributed by atoms with Crippen molar-refractivity contribution >= 4 is 27.5 Å². The summed E-state index contributed by atoms with van der Waals surface area (Å²) in [7, 11) is -4.08. The third-order valence-corrected chi connectivity index (χ3v) is 9.58. The molecule has 1 fully saturated rings. The van der Waals surface area contributed by atoms with E-state index >= 15 is 0 Å². The van der Waals surface area contributed by atoms with E-state index in [1.807, 2.05) is 63.2 Å². The summed E-state index contributed by atoms with van der Waals surface area (Å²) in [4.78, 5) is 29.5. The van der Waals surface area contributed by atoms with E-state index in [4.69, 9.17) is 0 Å². The van der Waals surface area contributed by atoms with Crippen molar-refractivity contribution in [3.63, 3.8) is 0 Å². The quantitative estimate of drug-likeness (QED) is 0.315. The second-order valence-corrected chi connectivity index (χ2v) is 12.7. The summed E-state index contributed by atoms with van der Waals surface area (Å²) in [5.41, 5.74) is 2.97. The zero-order chi connectivity index (χ0) is 29.4. The van der Waals surface area contributed by atoms with Gasteiger partial charge in [-0.2, -0.15) is 0 Å². The van der Waals surface area contributed by atoms with Crippen LogP contribution in [0.15, 0.2) is 83.8 Å². The molecule has 0 aliphatic heterocycles. The number of anilines is 1. The number of nitrogens with one attached hydrogen (secondary N) is 1. The lowest BCUT2D eigenvalue weighted by Gasteiger charge is -2.34. The van der Waals surface area contributed by atoms with Crippen molar-refractivity contribution in [3.05, 3.63) is 95.6 Å². The van der Waals surface area contributed by atoms with E-state index in [0.717, 1.165) is 42.4 Å². The summed E-state index contributed by atoms with van der Waals surface area (Å²) in [5.74, 6) is -0.619. The zero-order valence-electron chi connectivity index (χ0n) is 24.3. The Balaban J connectivity index is 1.70. The normalized spacial score (nSPS) is 14.7. The molecule has 1 N–H and O–H groups in total. The molecule has 0 bridgehead atoms. The molecule has 0 unspecified atom stereocenters. The van der Waals surface area contributed by atoms with Gasteiger partial charge in [-0.25, -0.2) is 8.42 Å². The van der Waals surface area contributed by atoms with Crippen molar-refractivity contribution in [2.24, 2.45) is 0 Å². The van der Waals surface area contributed by atoms with Crippen LogP contribution in [-0.4, -0.2) is 43.8 Å². The number of aryl methyl sites for hydroxylation is 2. The lowest BCUT2D eigenvalue weighted by Crippen LogP contribution is -2.54. The Morgan fingerprint density at radius 3 is 2.15 bits per heavy atom. The second kappa shape index (κ2) is 13.8. The molecule has 41 heavy (non-hydrogen) atoms. The molecule has 0 spiro atoms. The average molecular weight is 576 g/mol. The molecule has 3 aromatic rings. The first-order chi connectivity index (χ1) is 19.7. The largest absolute Gasteiger partial charge is 0.352 e. The monoisotopic (exact) mass is 575 g/mol. The van der Waals surface area contributed by atoms with Crippen molar-refractivity contribution < 1.29 is 18.0 Å². The smallest absolute Gasteiger partial charge is 0.264 e. The van der Waals surface area contributed by atoms with Crippen LogP contribution in [-0.2, 0) is 26.2 Å². The third-order valence-electron chi connectivity index (χ3n) is 7.81. The lowest BCUT2D eigenvalue weighted by molar-refractivity contribution is -0.140. The predicted octanol–water partition coefficient (Wildman–Crippen LogP) is 5.76. The van der Waals surface area contributed by atoms with Gasteiger partial charge in [0.15, 0.2) is 0 Å². The van der Waals surface area contributed by atoms with E-state index in [-0.39, 0.29) is 23.4 Å². The highest BCUT2D eigenvalue weighted by molar-refractivity contribution is 7.92. The van der Waals surface area contributed by atoms with Gasteiger partial charge in [0.1, 0.15) is 12.6 Å². The molecule has 1 aliphatic rings. The minimum absolute atomic E-state index is 0.101. The fourth-order valence-electron chi connectivity index (χ4n) is 5.44. The number of nitrogens with zero attached hydrogens (tertiary/aromatic N) is 2. The van der Waals surface area contributed by atoms with Crippen LogP contribution in [0.2, 0.25) is 0 Å². The topological polar surface area (TPSA) is 86.8 Å². The number of carbonyl (C=O) groups is 2. The molecule has 3 aromatic carbocycles. The molecule has 0 aromatic heterocycles. The maximum Gasteiger partial charge on any atom is 0.264 e. The maximum atomic E-state index is 14.2. The number of hydrogen-bond acceptors (Lipinski definition) is 4. The van der Waals surface area contributed by atoms with Crippen molar-refractivity contribution in [1.82, 2.24) is 10.2 Å². The van der Waals surface area contributed by atoms with E-state index in [9.17, 15) is 18.0 Å². The molecule has 1 aliphatic carbocycles. The van der Waals surface area contributed by atoms with Gasteiger partial charge in [0.2, 0.25) is 11.8 Å². The van der Waals surface area contributed by atoms with Gasteiger partial charge < -0.3 is 10.2 Å². The fraction of sp³-hybridized carbons (Fsp3) is 0.394. The number of amides is 2. The van der Waals surface area contributed by atoms with Gasteiger partial charge in [-0.1, -0.05) is 92.4 Å². The summed E-state index contributed by atoms with van der Waals surface area (Å²) in [6, 6.07) is 22.6. The van der Waals surface area contributed by atoms with Crippen LogP contribution in [0.4, 0.5) is 5.69 Å². The lowest BCUT2D eigenvalue weighted by atomic mass is 9.95.